The third-order valence-corrected chi connectivity index (χ3v) is 26.9. The SMILES string of the molecule is Cl.Cl.[CH2]=[Zr]([CH3])([C]1=CC(C(C)(C)C)=CC1C)([C]1=Cc2cc3c(cc2C1(C)C)Cc1cc2c(cc1-3)C=CC2(C)C)[c]1ccccc1. The third kappa shape index (κ3) is 4.51. The van der Waals surface area contributed by atoms with Gasteiger partial charge in [0.15, 0.2) is 0 Å². The Kier molecular flexibility index (Phi) is 7.74. The predicted molar refractivity (Wildman–Crippen MR) is 196 cm³/mol. The van der Waals surface area contributed by atoms with Gasteiger partial charge in [0.2, 0.25) is 0 Å². The van der Waals surface area contributed by atoms with E-state index in [4.69, 9.17) is 4.21 Å². The van der Waals surface area contributed by atoms with Crippen LogP contribution in [-0.4, -0.2) is 4.21 Å². The quantitative estimate of drug-likeness (QED) is 0.199. The van der Waals surface area contributed by atoms with E-state index < -0.39 is 18.3 Å². The van der Waals surface area contributed by atoms with Crippen LogP contribution in [0.1, 0.15) is 88.8 Å². The number of hydrogen-bond donors (Lipinski definition) is 0. The average Bonchev–Trinajstić information content (AvgIpc) is 3.64. The molecule has 7 rings (SSSR count). The summed E-state index contributed by atoms with van der Waals surface area (Å²) in [6.45, 7) is 19.1. The number of fused-ring (bicyclic) bond motifs is 5. The van der Waals surface area contributed by atoms with Crippen molar-refractivity contribution in [3.8, 4) is 11.1 Å². The second kappa shape index (κ2) is 10.2. The van der Waals surface area contributed by atoms with Crippen molar-refractivity contribution in [1.29, 1.82) is 0 Å². The van der Waals surface area contributed by atoms with Crippen molar-refractivity contribution >= 4 is 44.4 Å². The van der Waals surface area contributed by atoms with E-state index in [-0.39, 0.29) is 41.1 Å². The van der Waals surface area contributed by atoms with Gasteiger partial charge in [-0.2, -0.15) is 0 Å². The van der Waals surface area contributed by atoms with Crippen LogP contribution in [0.15, 0.2) is 85.0 Å². The van der Waals surface area contributed by atoms with E-state index in [1.54, 1.807) is 6.56 Å². The second-order valence-electron chi connectivity index (χ2n) is 16.2. The zero-order chi connectivity index (χ0) is 30.1. The first kappa shape index (κ1) is 33.3. The molecule has 1 atom stereocenters. The van der Waals surface area contributed by atoms with E-state index in [0.29, 0.717) is 5.92 Å². The minimum absolute atomic E-state index is 0. The Morgan fingerprint density at radius 2 is 1.41 bits per heavy atom. The van der Waals surface area contributed by atoms with Crippen molar-refractivity contribution in [2.24, 2.45) is 11.3 Å². The Morgan fingerprint density at radius 1 is 0.818 bits per heavy atom. The van der Waals surface area contributed by atoms with Crippen LogP contribution in [0, 0.1) is 11.3 Å². The molecule has 3 heteroatoms. The van der Waals surface area contributed by atoms with E-state index >= 15 is 0 Å². The van der Waals surface area contributed by atoms with Crippen molar-refractivity contribution in [2.45, 2.75) is 77.3 Å². The summed E-state index contributed by atoms with van der Waals surface area (Å²) in [4.78, 5) is 0. The van der Waals surface area contributed by atoms with Gasteiger partial charge in [0.25, 0.3) is 0 Å². The Morgan fingerprint density at radius 3 is 2.00 bits per heavy atom. The molecule has 0 bridgehead atoms. The van der Waals surface area contributed by atoms with Gasteiger partial charge in [0, 0.05) is 0 Å². The summed E-state index contributed by atoms with van der Waals surface area (Å²) in [5, 5.41) is 0. The van der Waals surface area contributed by atoms with Crippen LogP contribution in [0.4, 0.5) is 0 Å². The average molecular weight is 703 g/mol. The maximum atomic E-state index is 5.48. The standard InChI is InChI=1S/C23H21.C10H15.C6H5.CH3.CH2.2ClH.Zr/c1-22(2)7-5-14-10-18-16(12-20(14)22)9-17-13-21-15(11-19(17)18)6-8-23(21,3)4;1-8-5-6-9(7-8)10(2,3)4;1-2-4-6-5-3-1;;;;;/h5-7,10-13H,9H2,1-4H3;6-8H,1-4H3;1-5H;1H3;1H2;2*1H;. The van der Waals surface area contributed by atoms with Gasteiger partial charge in [-0.05, 0) is 0 Å². The second-order valence-corrected chi connectivity index (χ2v) is 30.3. The van der Waals surface area contributed by atoms with Gasteiger partial charge in [-0.1, -0.05) is 0 Å². The first-order valence-corrected chi connectivity index (χ1v) is 23.7. The summed E-state index contributed by atoms with van der Waals surface area (Å²) < 4.78 is 12.8. The summed E-state index contributed by atoms with van der Waals surface area (Å²) >= 11 is -4.26. The molecule has 3 aromatic carbocycles. The molecule has 0 radical (unpaired) electrons. The van der Waals surface area contributed by atoms with Gasteiger partial charge < -0.3 is 0 Å². The Balaban J connectivity index is 0.00000192. The first-order chi connectivity index (χ1) is 19.5. The van der Waals surface area contributed by atoms with Crippen LogP contribution in [-0.2, 0) is 35.5 Å². The fourth-order valence-corrected chi connectivity index (χ4v) is 24.4. The molecular weight excluding hydrogens is 655 g/mol. The Labute approximate surface area is 278 Å². The van der Waals surface area contributed by atoms with Crippen LogP contribution in [0.2, 0.25) is 4.63 Å². The van der Waals surface area contributed by atoms with Crippen LogP contribution >= 0.6 is 24.8 Å². The number of allylic oxidation sites excluding steroid dienone is 6. The van der Waals surface area contributed by atoms with Crippen molar-refractivity contribution in [3.05, 3.63) is 118 Å². The van der Waals surface area contributed by atoms with E-state index in [9.17, 15) is 0 Å². The number of rotatable bonds is 3. The van der Waals surface area contributed by atoms with Crippen molar-refractivity contribution in [1.82, 2.24) is 0 Å². The summed E-state index contributed by atoms with van der Waals surface area (Å²) in [6.07, 6.45) is 13.4. The normalized spacial score (nSPS) is 20.4. The summed E-state index contributed by atoms with van der Waals surface area (Å²) in [5.74, 6) is 0.393. The van der Waals surface area contributed by atoms with E-state index in [0.717, 1.165) is 6.42 Å². The van der Waals surface area contributed by atoms with Crippen LogP contribution in [0.25, 0.3) is 23.3 Å². The molecule has 4 aliphatic carbocycles. The number of benzene rings is 3. The molecule has 3 aromatic rings. The molecular formula is C41H48Cl2Zr. The zero-order valence-corrected chi connectivity index (χ0v) is 32.0. The Hall–Kier alpha value is -2.05. The molecule has 44 heavy (non-hydrogen) atoms. The van der Waals surface area contributed by atoms with Gasteiger partial charge in [-0.3, -0.25) is 0 Å². The van der Waals surface area contributed by atoms with Crippen LogP contribution < -0.4 is 3.27 Å². The molecule has 1 unspecified atom stereocenters. The topological polar surface area (TPSA) is 0 Å². The number of halogens is 2. The van der Waals surface area contributed by atoms with Crippen molar-refractivity contribution in [2.75, 3.05) is 0 Å². The third-order valence-electron chi connectivity index (χ3n) is 11.4. The van der Waals surface area contributed by atoms with Crippen LogP contribution in [0.5, 0.6) is 0 Å². The molecule has 230 valence electrons. The zero-order valence-electron chi connectivity index (χ0n) is 27.9. The van der Waals surface area contributed by atoms with Crippen molar-refractivity contribution in [3.63, 3.8) is 0 Å². The monoisotopic (exact) mass is 700 g/mol. The van der Waals surface area contributed by atoms with Crippen LogP contribution in [0.3, 0.4) is 0 Å². The van der Waals surface area contributed by atoms with E-state index in [2.05, 4.69) is 145 Å². The van der Waals surface area contributed by atoms with Gasteiger partial charge in [0.05, 0.1) is 0 Å². The van der Waals surface area contributed by atoms with Gasteiger partial charge in [0.1, 0.15) is 0 Å². The molecule has 0 aliphatic heterocycles. The number of hydrogen-bond acceptors (Lipinski definition) is 0. The summed E-state index contributed by atoms with van der Waals surface area (Å²) in [7, 11) is 0. The molecule has 0 spiro atoms. The molecule has 0 nitrogen and oxygen atoms in total. The van der Waals surface area contributed by atoms with E-state index in [1.807, 2.05) is 0 Å². The molecule has 0 amide bonds. The van der Waals surface area contributed by atoms with Crippen molar-refractivity contribution < 1.29 is 18.3 Å². The molecule has 0 saturated carbocycles. The van der Waals surface area contributed by atoms with Gasteiger partial charge in [-0.15, -0.1) is 24.8 Å². The molecule has 0 saturated heterocycles. The van der Waals surface area contributed by atoms with E-state index in [1.165, 1.54) is 53.4 Å². The molecule has 0 heterocycles. The minimum atomic E-state index is -4.26. The maximum absolute atomic E-state index is 5.48. The predicted octanol–water partition coefficient (Wildman–Crippen LogP) is 11.0. The fraction of sp³-hybridized carbons (Fsp3) is 0.341. The molecule has 0 aromatic heterocycles. The summed E-state index contributed by atoms with van der Waals surface area (Å²) in [6, 6.07) is 21.4. The summed E-state index contributed by atoms with van der Waals surface area (Å²) in [5.41, 5.74) is 13.2. The first-order valence-electron chi connectivity index (χ1n) is 15.8. The van der Waals surface area contributed by atoms with Gasteiger partial charge >= 0.3 is 256 Å². The molecule has 4 aliphatic rings. The Bertz CT molecular complexity index is 1900. The molecule has 0 fully saturated rings. The fourth-order valence-electron chi connectivity index (χ4n) is 8.94. The molecule has 0 N–H and O–H groups in total. The van der Waals surface area contributed by atoms with Gasteiger partial charge in [-0.25, -0.2) is 0 Å².